The summed E-state index contributed by atoms with van der Waals surface area (Å²) in [7, 11) is 1.95. The summed E-state index contributed by atoms with van der Waals surface area (Å²) in [6.45, 7) is 13.8. The maximum atomic E-state index is 5.56. The average Bonchev–Trinajstić information content (AvgIpc) is 3.26. The maximum Gasteiger partial charge on any atom is 0.231 e. The first kappa shape index (κ1) is 20.4. The topological polar surface area (TPSA) is 48.3 Å². The van der Waals surface area contributed by atoms with Gasteiger partial charge in [-0.25, -0.2) is 4.98 Å². The largest absolute Gasteiger partial charge is 0.454 e. The van der Waals surface area contributed by atoms with Crippen LogP contribution < -0.4 is 14.8 Å². The summed E-state index contributed by atoms with van der Waals surface area (Å²) >= 11 is 1.67. The Morgan fingerprint density at radius 1 is 1.32 bits per heavy atom. The molecule has 1 aromatic carbocycles. The molecule has 0 atom stereocenters. The Kier molecular flexibility index (Phi) is 6.39. The number of nitrogens with zero attached hydrogens (tertiary/aromatic N) is 2. The fourth-order valence-electron chi connectivity index (χ4n) is 3.18. The minimum absolute atomic E-state index is 0.284. The van der Waals surface area contributed by atoms with Crippen LogP contribution in [0.5, 0.6) is 11.5 Å². The summed E-state index contributed by atoms with van der Waals surface area (Å²) < 4.78 is 13.3. The monoisotopic (exact) mass is 399 g/mol. The van der Waals surface area contributed by atoms with Gasteiger partial charge in [-0.05, 0) is 50.0 Å². The summed E-state index contributed by atoms with van der Waals surface area (Å²) in [6, 6.07) is 4.09. The van der Waals surface area contributed by atoms with Crippen LogP contribution in [0.3, 0.4) is 0 Å². The van der Waals surface area contributed by atoms with Gasteiger partial charge < -0.3 is 19.4 Å². The highest BCUT2D eigenvalue weighted by molar-refractivity contribution is 7.99. The molecule has 0 amide bonds. The molecule has 0 saturated heterocycles. The molecule has 2 aromatic rings. The van der Waals surface area contributed by atoms with Crippen LogP contribution in [-0.2, 0) is 6.54 Å². The van der Waals surface area contributed by atoms with Crippen molar-refractivity contribution in [2.45, 2.75) is 57.1 Å². The quantitative estimate of drug-likeness (QED) is 0.561. The van der Waals surface area contributed by atoms with E-state index < -0.39 is 0 Å². The lowest BCUT2D eigenvalue weighted by molar-refractivity contribution is 0.174. The van der Waals surface area contributed by atoms with E-state index in [1.54, 1.807) is 11.8 Å². The Morgan fingerprint density at radius 3 is 2.68 bits per heavy atom. The van der Waals surface area contributed by atoms with Crippen molar-refractivity contribution in [1.82, 2.24) is 9.55 Å². The van der Waals surface area contributed by atoms with Gasteiger partial charge in [-0.1, -0.05) is 43.8 Å². The molecule has 1 aromatic heterocycles. The molecule has 0 bridgehead atoms. The van der Waals surface area contributed by atoms with Gasteiger partial charge in [0.1, 0.15) is 11.5 Å². The molecule has 6 heteroatoms. The zero-order chi connectivity index (χ0) is 20.3. The molecule has 0 radical (unpaired) electrons. The molecule has 1 aliphatic rings. The summed E-state index contributed by atoms with van der Waals surface area (Å²) in [4.78, 5) is 6.12. The van der Waals surface area contributed by atoms with E-state index in [0.717, 1.165) is 69.2 Å². The fourth-order valence-corrected chi connectivity index (χ4v) is 4.19. The second-order valence-electron chi connectivity index (χ2n) is 6.91. The van der Waals surface area contributed by atoms with Crippen molar-refractivity contribution in [2.24, 2.45) is 0 Å². The number of aromatic nitrogens is 2. The van der Waals surface area contributed by atoms with Crippen molar-refractivity contribution in [2.75, 3.05) is 19.2 Å². The smallest absolute Gasteiger partial charge is 0.231 e. The van der Waals surface area contributed by atoms with E-state index in [4.69, 9.17) is 14.5 Å². The molecule has 3 rings (SSSR count). The van der Waals surface area contributed by atoms with Gasteiger partial charge in [0.2, 0.25) is 6.79 Å². The highest BCUT2D eigenvalue weighted by atomic mass is 32.2. The van der Waals surface area contributed by atoms with Crippen molar-refractivity contribution < 1.29 is 9.47 Å². The Balaban J connectivity index is 2.03. The third kappa shape index (κ3) is 4.07. The van der Waals surface area contributed by atoms with Gasteiger partial charge in [0.25, 0.3) is 0 Å². The Hall–Kier alpha value is -2.34. The van der Waals surface area contributed by atoms with E-state index >= 15 is 0 Å². The zero-order valence-electron chi connectivity index (χ0n) is 17.4. The molecule has 0 spiro atoms. The second kappa shape index (κ2) is 8.78. The molecule has 0 unspecified atom stereocenters. The molecule has 5 nitrogen and oxygen atoms in total. The molecule has 0 aliphatic carbocycles. The highest BCUT2D eigenvalue weighted by Gasteiger charge is 2.21. The normalized spacial score (nSPS) is 13.1. The van der Waals surface area contributed by atoms with Crippen LogP contribution in [0.25, 0.3) is 5.57 Å². The van der Waals surface area contributed by atoms with Crippen LogP contribution in [0.4, 0.5) is 5.82 Å². The van der Waals surface area contributed by atoms with Gasteiger partial charge in [0, 0.05) is 18.5 Å². The van der Waals surface area contributed by atoms with E-state index in [2.05, 4.69) is 50.2 Å². The van der Waals surface area contributed by atoms with Crippen molar-refractivity contribution in [3.05, 3.63) is 41.6 Å². The third-order valence-electron chi connectivity index (χ3n) is 4.74. The van der Waals surface area contributed by atoms with E-state index in [0.29, 0.717) is 0 Å². The first-order valence-electron chi connectivity index (χ1n) is 9.71. The first-order valence-corrected chi connectivity index (χ1v) is 10.5. The summed E-state index contributed by atoms with van der Waals surface area (Å²) in [5, 5.41) is 4.33. The van der Waals surface area contributed by atoms with Crippen molar-refractivity contribution in [3.63, 3.8) is 0 Å². The molecule has 0 saturated carbocycles. The van der Waals surface area contributed by atoms with E-state index in [9.17, 15) is 0 Å². The van der Waals surface area contributed by atoms with Crippen LogP contribution in [0, 0.1) is 6.92 Å². The van der Waals surface area contributed by atoms with Crippen LogP contribution in [0.2, 0.25) is 0 Å². The zero-order valence-corrected chi connectivity index (χ0v) is 18.2. The Morgan fingerprint density at radius 2 is 2.04 bits per heavy atom. The lowest BCUT2D eigenvalue weighted by atomic mass is 10.1. The van der Waals surface area contributed by atoms with Crippen LogP contribution in [0.1, 0.15) is 44.9 Å². The third-order valence-corrected chi connectivity index (χ3v) is 5.89. The van der Waals surface area contributed by atoms with E-state index in [1.807, 2.05) is 19.2 Å². The number of aryl methyl sites for hydroxylation is 1. The maximum absolute atomic E-state index is 5.56. The fraction of sp³-hybridized carbons (Fsp3) is 0.409. The van der Waals surface area contributed by atoms with Crippen LogP contribution in [-0.4, -0.2) is 23.4 Å². The number of hydrogen-bond acceptors (Lipinski definition) is 5. The average molecular weight is 400 g/mol. The number of allylic oxidation sites excluding steroid dienone is 3. The second-order valence-corrected chi connectivity index (χ2v) is 7.91. The SMILES string of the molecule is C=C(/C=C(/C)c1nc(Sc2cc3c(cc2C)OCO3)n(CCC)c1NC)CC. The number of benzene rings is 1. The molecule has 2 heterocycles. The molecular formula is C22H29N3O2S. The van der Waals surface area contributed by atoms with Gasteiger partial charge in [0.05, 0.1) is 0 Å². The highest BCUT2D eigenvalue weighted by Crippen LogP contribution is 2.41. The predicted octanol–water partition coefficient (Wildman–Crippen LogP) is 5.89. The lowest BCUT2D eigenvalue weighted by Gasteiger charge is -2.12. The summed E-state index contributed by atoms with van der Waals surface area (Å²) in [5.74, 6) is 2.65. The van der Waals surface area contributed by atoms with Gasteiger partial charge in [0.15, 0.2) is 16.7 Å². The minimum Gasteiger partial charge on any atom is -0.454 e. The molecular weight excluding hydrogens is 370 g/mol. The molecule has 1 aliphatic heterocycles. The number of anilines is 1. The van der Waals surface area contributed by atoms with Crippen LogP contribution in [0.15, 0.2) is 40.4 Å². The van der Waals surface area contributed by atoms with E-state index in [-0.39, 0.29) is 6.79 Å². The van der Waals surface area contributed by atoms with Gasteiger partial charge in [-0.15, -0.1) is 0 Å². The number of nitrogens with one attached hydrogen (secondary N) is 1. The number of hydrogen-bond donors (Lipinski definition) is 1. The molecule has 150 valence electrons. The summed E-state index contributed by atoms with van der Waals surface area (Å²) in [6.07, 6.45) is 4.09. The van der Waals surface area contributed by atoms with Crippen LogP contribution >= 0.6 is 11.8 Å². The standard InChI is InChI=1S/C22H29N3O2S/c1-7-9-25-21(23-6)20(16(5)10-14(3)8-2)24-22(25)28-19-12-18-17(11-15(19)4)26-13-27-18/h10-12,23H,3,7-9,13H2,1-2,4-6H3/b16-10-. The number of ether oxygens (including phenoxy) is 2. The van der Waals surface area contributed by atoms with Crippen molar-refractivity contribution in [3.8, 4) is 11.5 Å². The number of rotatable bonds is 8. The molecule has 28 heavy (non-hydrogen) atoms. The van der Waals surface area contributed by atoms with Crippen molar-refractivity contribution in [1.29, 1.82) is 0 Å². The number of fused-ring (bicyclic) bond motifs is 1. The summed E-state index contributed by atoms with van der Waals surface area (Å²) in [5.41, 5.74) is 4.35. The Bertz CT molecular complexity index is 915. The van der Waals surface area contributed by atoms with Gasteiger partial charge >= 0.3 is 0 Å². The van der Waals surface area contributed by atoms with E-state index in [1.165, 1.54) is 0 Å². The van der Waals surface area contributed by atoms with Gasteiger partial charge in [-0.2, -0.15) is 0 Å². The molecule has 0 fully saturated rings. The minimum atomic E-state index is 0.284. The van der Waals surface area contributed by atoms with Crippen molar-refractivity contribution >= 4 is 23.2 Å². The Labute approximate surface area is 171 Å². The predicted molar refractivity (Wildman–Crippen MR) is 117 cm³/mol. The molecule has 1 N–H and O–H groups in total. The van der Waals surface area contributed by atoms with Gasteiger partial charge in [-0.3, -0.25) is 0 Å². The first-order chi connectivity index (χ1) is 13.5. The number of imidazole rings is 1. The lowest BCUT2D eigenvalue weighted by Crippen LogP contribution is -2.05.